The van der Waals surface area contributed by atoms with Crippen LogP contribution in [-0.4, -0.2) is 54.9 Å². The third-order valence-electron chi connectivity index (χ3n) is 4.92. The SMILES string of the molecule is CN=C(NCc1ccc(C#N)cc1)N1CCN(C(=O)Cc2cccc(Cl)c2)CC1. The summed E-state index contributed by atoms with van der Waals surface area (Å²) in [5, 5.41) is 12.9. The van der Waals surface area contributed by atoms with Crippen LogP contribution in [0.5, 0.6) is 0 Å². The molecule has 29 heavy (non-hydrogen) atoms. The Bertz CT molecular complexity index is 912. The van der Waals surface area contributed by atoms with Crippen molar-refractivity contribution in [3.05, 3.63) is 70.2 Å². The van der Waals surface area contributed by atoms with Crippen molar-refractivity contribution in [2.45, 2.75) is 13.0 Å². The molecule has 1 aliphatic rings. The molecule has 2 aromatic rings. The van der Waals surface area contributed by atoms with Gasteiger partial charge in [-0.15, -0.1) is 0 Å². The van der Waals surface area contributed by atoms with E-state index in [1.54, 1.807) is 7.05 Å². The first-order valence-electron chi connectivity index (χ1n) is 9.56. The van der Waals surface area contributed by atoms with Gasteiger partial charge in [-0.1, -0.05) is 35.9 Å². The smallest absolute Gasteiger partial charge is 0.227 e. The van der Waals surface area contributed by atoms with Gasteiger partial charge in [-0.2, -0.15) is 5.26 Å². The zero-order chi connectivity index (χ0) is 20.6. The molecule has 1 saturated heterocycles. The van der Waals surface area contributed by atoms with Crippen molar-refractivity contribution in [3.63, 3.8) is 0 Å². The molecule has 1 fully saturated rings. The van der Waals surface area contributed by atoms with Gasteiger partial charge in [0.25, 0.3) is 0 Å². The molecule has 0 aliphatic carbocycles. The summed E-state index contributed by atoms with van der Waals surface area (Å²) in [6, 6.07) is 17.1. The maximum Gasteiger partial charge on any atom is 0.227 e. The highest BCUT2D eigenvalue weighted by Crippen LogP contribution is 2.13. The number of halogens is 1. The molecule has 0 atom stereocenters. The van der Waals surface area contributed by atoms with Gasteiger partial charge in [0.1, 0.15) is 0 Å². The van der Waals surface area contributed by atoms with Gasteiger partial charge < -0.3 is 15.1 Å². The molecule has 0 spiro atoms. The van der Waals surface area contributed by atoms with E-state index in [1.165, 1.54) is 0 Å². The predicted octanol–water partition coefficient (Wildman–Crippen LogP) is 2.67. The van der Waals surface area contributed by atoms with Crippen molar-refractivity contribution in [1.82, 2.24) is 15.1 Å². The Morgan fingerprint density at radius 3 is 2.41 bits per heavy atom. The first kappa shape index (κ1) is 20.7. The summed E-state index contributed by atoms with van der Waals surface area (Å²) in [5.41, 5.74) is 2.67. The van der Waals surface area contributed by atoms with Crippen molar-refractivity contribution < 1.29 is 4.79 Å². The van der Waals surface area contributed by atoms with Crippen LogP contribution < -0.4 is 5.32 Å². The molecule has 7 heteroatoms. The Morgan fingerprint density at radius 1 is 1.10 bits per heavy atom. The highest BCUT2D eigenvalue weighted by Gasteiger charge is 2.23. The molecule has 2 aromatic carbocycles. The number of hydrogen-bond donors (Lipinski definition) is 1. The minimum atomic E-state index is 0.118. The number of nitriles is 1. The van der Waals surface area contributed by atoms with Crippen molar-refractivity contribution >= 4 is 23.5 Å². The fraction of sp³-hybridized carbons (Fsp3) is 0.318. The largest absolute Gasteiger partial charge is 0.352 e. The first-order chi connectivity index (χ1) is 14.1. The molecule has 0 aromatic heterocycles. The number of rotatable bonds is 4. The third-order valence-corrected chi connectivity index (χ3v) is 5.16. The second-order valence-corrected chi connectivity index (χ2v) is 7.32. The van der Waals surface area contributed by atoms with Crippen molar-refractivity contribution in [2.75, 3.05) is 33.2 Å². The van der Waals surface area contributed by atoms with Gasteiger partial charge in [0.15, 0.2) is 5.96 Å². The second-order valence-electron chi connectivity index (χ2n) is 6.88. The molecule has 1 amide bonds. The number of nitrogens with one attached hydrogen (secondary N) is 1. The first-order valence-corrected chi connectivity index (χ1v) is 9.93. The normalized spacial score (nSPS) is 14.4. The number of guanidine groups is 1. The Labute approximate surface area is 176 Å². The standard InChI is InChI=1S/C22H24ClN5O/c1-25-22(26-16-18-7-5-17(15-24)6-8-18)28-11-9-27(10-12-28)21(29)14-19-3-2-4-20(23)13-19/h2-8,13H,9-12,14,16H2,1H3,(H,25,26). The van der Waals surface area contributed by atoms with Gasteiger partial charge in [-0.3, -0.25) is 9.79 Å². The van der Waals surface area contributed by atoms with Crippen LogP contribution in [0.1, 0.15) is 16.7 Å². The molecule has 0 radical (unpaired) electrons. The minimum absolute atomic E-state index is 0.118. The van der Waals surface area contributed by atoms with E-state index in [0.29, 0.717) is 36.6 Å². The summed E-state index contributed by atoms with van der Waals surface area (Å²) in [5.74, 6) is 0.934. The van der Waals surface area contributed by atoms with E-state index in [-0.39, 0.29) is 5.91 Å². The molecule has 1 heterocycles. The van der Waals surface area contributed by atoms with E-state index in [9.17, 15) is 4.79 Å². The van der Waals surface area contributed by atoms with E-state index >= 15 is 0 Å². The van der Waals surface area contributed by atoms with Crippen LogP contribution in [0.15, 0.2) is 53.5 Å². The number of carbonyl (C=O) groups excluding carboxylic acids is 1. The minimum Gasteiger partial charge on any atom is -0.352 e. The van der Waals surface area contributed by atoms with Crippen molar-refractivity contribution in [3.8, 4) is 6.07 Å². The van der Waals surface area contributed by atoms with Crippen LogP contribution in [0.3, 0.4) is 0 Å². The van der Waals surface area contributed by atoms with Gasteiger partial charge in [0.05, 0.1) is 18.1 Å². The van der Waals surface area contributed by atoms with Gasteiger partial charge in [0.2, 0.25) is 5.91 Å². The lowest BCUT2D eigenvalue weighted by Gasteiger charge is -2.36. The van der Waals surface area contributed by atoms with Gasteiger partial charge in [-0.05, 0) is 35.4 Å². The summed E-state index contributed by atoms with van der Waals surface area (Å²) < 4.78 is 0. The van der Waals surface area contributed by atoms with Crippen molar-refractivity contribution in [1.29, 1.82) is 5.26 Å². The van der Waals surface area contributed by atoms with Crippen LogP contribution >= 0.6 is 11.6 Å². The van der Waals surface area contributed by atoms with E-state index in [0.717, 1.165) is 30.2 Å². The third kappa shape index (κ3) is 5.72. The summed E-state index contributed by atoms with van der Waals surface area (Å²) in [6.07, 6.45) is 0.367. The molecule has 6 nitrogen and oxygen atoms in total. The Balaban J connectivity index is 1.49. The van der Waals surface area contributed by atoms with Gasteiger partial charge in [-0.25, -0.2) is 0 Å². The molecule has 150 valence electrons. The zero-order valence-corrected chi connectivity index (χ0v) is 17.2. The summed E-state index contributed by atoms with van der Waals surface area (Å²) in [4.78, 5) is 21.0. The molecule has 1 aliphatic heterocycles. The molecule has 3 rings (SSSR count). The summed E-state index contributed by atoms with van der Waals surface area (Å²) >= 11 is 6.01. The molecular formula is C22H24ClN5O. The Hall–Kier alpha value is -3.04. The topological polar surface area (TPSA) is 71.7 Å². The maximum atomic E-state index is 12.6. The number of piperazine rings is 1. The van der Waals surface area contributed by atoms with E-state index in [1.807, 2.05) is 53.4 Å². The average Bonchev–Trinajstić information content (AvgIpc) is 2.75. The van der Waals surface area contributed by atoms with Crippen LogP contribution in [0.25, 0.3) is 0 Å². The van der Waals surface area contributed by atoms with Crippen LogP contribution in [0, 0.1) is 11.3 Å². The molecule has 0 bridgehead atoms. The average molecular weight is 410 g/mol. The summed E-state index contributed by atoms with van der Waals surface area (Å²) in [6.45, 7) is 3.42. The lowest BCUT2D eigenvalue weighted by molar-refractivity contribution is -0.131. The molecule has 1 N–H and O–H groups in total. The number of carbonyl (C=O) groups is 1. The van der Waals surface area contributed by atoms with Gasteiger partial charge >= 0.3 is 0 Å². The van der Waals surface area contributed by atoms with Crippen LogP contribution in [-0.2, 0) is 17.8 Å². The highest BCUT2D eigenvalue weighted by molar-refractivity contribution is 6.30. The Kier molecular flexibility index (Phi) is 7.09. The fourth-order valence-corrected chi connectivity index (χ4v) is 3.52. The van der Waals surface area contributed by atoms with Crippen molar-refractivity contribution in [2.24, 2.45) is 4.99 Å². The number of aliphatic imine (C=N–C) groups is 1. The fourth-order valence-electron chi connectivity index (χ4n) is 3.31. The van der Waals surface area contributed by atoms with Crippen LogP contribution in [0.4, 0.5) is 0 Å². The molecule has 0 unspecified atom stereocenters. The van der Waals surface area contributed by atoms with E-state index < -0.39 is 0 Å². The van der Waals surface area contributed by atoms with E-state index in [4.69, 9.17) is 16.9 Å². The number of benzene rings is 2. The number of amides is 1. The molecule has 0 saturated carbocycles. The number of hydrogen-bond acceptors (Lipinski definition) is 3. The predicted molar refractivity (Wildman–Crippen MR) is 115 cm³/mol. The molecular weight excluding hydrogens is 386 g/mol. The second kappa shape index (κ2) is 9.94. The number of nitrogens with zero attached hydrogens (tertiary/aromatic N) is 4. The lowest BCUT2D eigenvalue weighted by atomic mass is 10.1. The van der Waals surface area contributed by atoms with Gasteiger partial charge in [0, 0.05) is 44.8 Å². The quantitative estimate of drug-likeness (QED) is 0.622. The van der Waals surface area contributed by atoms with E-state index in [2.05, 4.69) is 21.3 Å². The monoisotopic (exact) mass is 409 g/mol. The van der Waals surface area contributed by atoms with Crippen LogP contribution in [0.2, 0.25) is 5.02 Å². The summed E-state index contributed by atoms with van der Waals surface area (Å²) in [7, 11) is 1.76. The Morgan fingerprint density at radius 2 is 1.79 bits per heavy atom. The highest BCUT2D eigenvalue weighted by atomic mass is 35.5. The zero-order valence-electron chi connectivity index (χ0n) is 16.4. The maximum absolute atomic E-state index is 12.6. The lowest BCUT2D eigenvalue weighted by Crippen LogP contribution is -2.53.